The van der Waals surface area contributed by atoms with Crippen LogP contribution in [0.25, 0.3) is 0 Å². The maximum Gasteiger partial charge on any atom is 0.140 e. The SMILES string of the molecule is Cc1ccnc(NC2CCCC2(C)C)c1Br. The minimum atomic E-state index is 0.380. The minimum Gasteiger partial charge on any atom is -0.366 e. The van der Waals surface area contributed by atoms with Crippen LogP contribution in [0.4, 0.5) is 5.82 Å². The number of aryl methyl sites for hydroxylation is 1. The summed E-state index contributed by atoms with van der Waals surface area (Å²) in [5.41, 5.74) is 1.61. The van der Waals surface area contributed by atoms with E-state index in [-0.39, 0.29) is 0 Å². The molecular formula is C13H19BrN2. The molecule has 0 amide bonds. The van der Waals surface area contributed by atoms with Crippen LogP contribution in [0.3, 0.4) is 0 Å². The molecule has 1 heterocycles. The number of anilines is 1. The second-order valence-corrected chi connectivity index (χ2v) is 6.16. The number of pyridine rings is 1. The molecule has 0 saturated heterocycles. The van der Waals surface area contributed by atoms with Crippen LogP contribution in [-0.2, 0) is 0 Å². The molecule has 1 atom stereocenters. The van der Waals surface area contributed by atoms with E-state index >= 15 is 0 Å². The number of aromatic nitrogens is 1. The highest BCUT2D eigenvalue weighted by atomic mass is 79.9. The molecular weight excluding hydrogens is 264 g/mol. The van der Waals surface area contributed by atoms with E-state index in [0.29, 0.717) is 11.5 Å². The van der Waals surface area contributed by atoms with Crippen molar-refractivity contribution < 1.29 is 0 Å². The second-order valence-electron chi connectivity index (χ2n) is 5.37. The summed E-state index contributed by atoms with van der Waals surface area (Å²) in [6.07, 6.45) is 5.72. The van der Waals surface area contributed by atoms with E-state index in [1.807, 2.05) is 12.3 Å². The van der Waals surface area contributed by atoms with Crippen LogP contribution >= 0.6 is 15.9 Å². The maximum atomic E-state index is 4.41. The maximum absolute atomic E-state index is 4.41. The van der Waals surface area contributed by atoms with E-state index in [1.54, 1.807) is 0 Å². The highest BCUT2D eigenvalue weighted by Crippen LogP contribution is 2.39. The van der Waals surface area contributed by atoms with Crippen LogP contribution in [0.1, 0.15) is 38.7 Å². The smallest absolute Gasteiger partial charge is 0.140 e. The lowest BCUT2D eigenvalue weighted by Crippen LogP contribution is -2.31. The van der Waals surface area contributed by atoms with Gasteiger partial charge in [-0.2, -0.15) is 0 Å². The molecule has 1 aromatic rings. The summed E-state index contributed by atoms with van der Waals surface area (Å²) in [6, 6.07) is 2.56. The van der Waals surface area contributed by atoms with Crippen molar-refractivity contribution in [3.05, 3.63) is 22.3 Å². The summed E-state index contributed by atoms with van der Waals surface area (Å²) in [7, 11) is 0. The van der Waals surface area contributed by atoms with E-state index in [1.165, 1.54) is 24.8 Å². The van der Waals surface area contributed by atoms with Crippen LogP contribution in [0.15, 0.2) is 16.7 Å². The topological polar surface area (TPSA) is 24.9 Å². The fourth-order valence-electron chi connectivity index (χ4n) is 2.40. The molecule has 2 nitrogen and oxygen atoms in total. The van der Waals surface area contributed by atoms with Gasteiger partial charge in [-0.15, -0.1) is 0 Å². The largest absolute Gasteiger partial charge is 0.366 e. The summed E-state index contributed by atoms with van der Waals surface area (Å²) in [6.45, 7) is 6.76. The van der Waals surface area contributed by atoms with Gasteiger partial charge in [0.1, 0.15) is 5.82 Å². The van der Waals surface area contributed by atoms with Crippen LogP contribution in [0, 0.1) is 12.3 Å². The van der Waals surface area contributed by atoms with Crippen molar-refractivity contribution in [3.63, 3.8) is 0 Å². The van der Waals surface area contributed by atoms with Crippen LogP contribution in [0.2, 0.25) is 0 Å². The summed E-state index contributed by atoms with van der Waals surface area (Å²) in [5.74, 6) is 0.986. The van der Waals surface area contributed by atoms with Gasteiger partial charge in [0.25, 0.3) is 0 Å². The first-order valence-corrected chi connectivity index (χ1v) is 6.67. The molecule has 0 aromatic carbocycles. The van der Waals surface area contributed by atoms with Gasteiger partial charge in [-0.05, 0) is 52.7 Å². The van der Waals surface area contributed by atoms with Crippen LogP contribution in [-0.4, -0.2) is 11.0 Å². The van der Waals surface area contributed by atoms with Crippen molar-refractivity contribution in [3.8, 4) is 0 Å². The molecule has 1 fully saturated rings. The molecule has 3 heteroatoms. The van der Waals surface area contributed by atoms with E-state index in [4.69, 9.17) is 0 Å². The summed E-state index contributed by atoms with van der Waals surface area (Å²) in [4.78, 5) is 4.41. The first-order chi connectivity index (χ1) is 7.50. The zero-order valence-electron chi connectivity index (χ0n) is 10.2. The van der Waals surface area contributed by atoms with E-state index in [2.05, 4.69) is 47.0 Å². The number of hydrogen-bond donors (Lipinski definition) is 1. The quantitative estimate of drug-likeness (QED) is 0.882. The van der Waals surface area contributed by atoms with Gasteiger partial charge in [0, 0.05) is 12.2 Å². The van der Waals surface area contributed by atoms with Crippen molar-refractivity contribution in [2.45, 2.75) is 46.1 Å². The fourth-order valence-corrected chi connectivity index (χ4v) is 2.75. The molecule has 16 heavy (non-hydrogen) atoms. The Morgan fingerprint density at radius 3 is 2.88 bits per heavy atom. The van der Waals surface area contributed by atoms with E-state index in [0.717, 1.165) is 10.3 Å². The zero-order valence-corrected chi connectivity index (χ0v) is 11.8. The molecule has 2 rings (SSSR count). The lowest BCUT2D eigenvalue weighted by atomic mass is 9.87. The average molecular weight is 283 g/mol. The van der Waals surface area contributed by atoms with E-state index in [9.17, 15) is 0 Å². The van der Waals surface area contributed by atoms with Crippen LogP contribution < -0.4 is 5.32 Å². The fraction of sp³-hybridized carbons (Fsp3) is 0.615. The van der Waals surface area contributed by atoms with Gasteiger partial charge >= 0.3 is 0 Å². The van der Waals surface area contributed by atoms with Gasteiger partial charge in [0.15, 0.2) is 0 Å². The van der Waals surface area contributed by atoms with Crippen molar-refractivity contribution in [2.24, 2.45) is 5.41 Å². The third-order valence-corrected chi connectivity index (χ3v) is 4.65. The second kappa shape index (κ2) is 4.36. The van der Waals surface area contributed by atoms with Crippen LogP contribution in [0.5, 0.6) is 0 Å². The molecule has 1 aliphatic rings. The zero-order chi connectivity index (χ0) is 11.8. The lowest BCUT2D eigenvalue weighted by molar-refractivity contribution is 0.349. The van der Waals surface area contributed by atoms with Gasteiger partial charge < -0.3 is 5.32 Å². The molecule has 0 radical (unpaired) electrons. The van der Waals surface area contributed by atoms with Gasteiger partial charge in [0.2, 0.25) is 0 Å². The molecule has 1 aliphatic carbocycles. The third kappa shape index (κ3) is 2.24. The van der Waals surface area contributed by atoms with Gasteiger partial charge in [0.05, 0.1) is 4.47 Å². The van der Waals surface area contributed by atoms with Crippen molar-refractivity contribution in [1.29, 1.82) is 0 Å². The number of rotatable bonds is 2. The Morgan fingerprint density at radius 2 is 2.25 bits per heavy atom. The Hall–Kier alpha value is -0.570. The first-order valence-electron chi connectivity index (χ1n) is 5.88. The summed E-state index contributed by atoms with van der Waals surface area (Å²) < 4.78 is 1.10. The predicted octanol–water partition coefficient (Wildman–Crippen LogP) is 4.14. The summed E-state index contributed by atoms with van der Waals surface area (Å²) >= 11 is 3.60. The number of nitrogens with zero attached hydrogens (tertiary/aromatic N) is 1. The van der Waals surface area contributed by atoms with Gasteiger partial charge in [-0.3, -0.25) is 0 Å². The number of hydrogen-bond acceptors (Lipinski definition) is 2. The highest BCUT2D eigenvalue weighted by Gasteiger charge is 2.34. The Balaban J connectivity index is 2.18. The van der Waals surface area contributed by atoms with Crippen molar-refractivity contribution >= 4 is 21.7 Å². The van der Waals surface area contributed by atoms with Gasteiger partial charge in [-0.25, -0.2) is 4.98 Å². The molecule has 1 aromatic heterocycles. The Labute approximate surface area is 106 Å². The number of halogens is 1. The molecule has 1 saturated carbocycles. The Kier molecular flexibility index (Phi) is 3.24. The molecule has 1 unspecified atom stereocenters. The minimum absolute atomic E-state index is 0.380. The normalized spacial score (nSPS) is 23.4. The summed E-state index contributed by atoms with van der Waals surface area (Å²) in [5, 5.41) is 3.58. The van der Waals surface area contributed by atoms with Crippen molar-refractivity contribution in [2.75, 3.05) is 5.32 Å². The highest BCUT2D eigenvalue weighted by molar-refractivity contribution is 9.10. The molecule has 0 spiro atoms. The lowest BCUT2D eigenvalue weighted by Gasteiger charge is -2.28. The monoisotopic (exact) mass is 282 g/mol. The molecule has 0 bridgehead atoms. The average Bonchev–Trinajstić information content (AvgIpc) is 2.54. The molecule has 1 N–H and O–H groups in total. The standard InChI is InChI=1S/C13H19BrN2/c1-9-6-8-15-12(11(9)14)16-10-5-4-7-13(10,2)3/h6,8,10H,4-5,7H2,1-3H3,(H,15,16). The molecule has 0 aliphatic heterocycles. The Morgan fingerprint density at radius 1 is 1.50 bits per heavy atom. The number of nitrogens with one attached hydrogen (secondary N) is 1. The predicted molar refractivity (Wildman–Crippen MR) is 71.7 cm³/mol. The third-order valence-electron chi connectivity index (χ3n) is 3.65. The Bertz CT molecular complexity index is 388. The molecule has 88 valence electrons. The van der Waals surface area contributed by atoms with E-state index < -0.39 is 0 Å². The van der Waals surface area contributed by atoms with Crippen molar-refractivity contribution in [1.82, 2.24) is 4.98 Å². The first kappa shape index (κ1) is 11.9. The van der Waals surface area contributed by atoms with Gasteiger partial charge in [-0.1, -0.05) is 20.3 Å².